The molecule has 0 fully saturated rings. The average molecular weight is 272 g/mol. The van der Waals surface area contributed by atoms with Crippen molar-refractivity contribution in [2.45, 2.75) is 27.7 Å². The van der Waals surface area contributed by atoms with Crippen molar-refractivity contribution in [1.29, 1.82) is 0 Å². The molecule has 0 saturated heterocycles. The highest BCUT2D eigenvalue weighted by Crippen LogP contribution is 2.35. The van der Waals surface area contributed by atoms with Gasteiger partial charge < -0.3 is 16.6 Å². The fourth-order valence-electron chi connectivity index (χ4n) is 2.42. The van der Waals surface area contributed by atoms with Gasteiger partial charge in [-0.1, -0.05) is 12.1 Å². The highest BCUT2D eigenvalue weighted by Gasteiger charge is 2.13. The molecule has 3 heteroatoms. The molecule has 0 aliphatic rings. The molecule has 0 unspecified atom stereocenters. The number of nitrogen functional groups attached to an aromatic ring is 2. The number of benzene rings is 2. The first-order chi connectivity index (χ1) is 9.43. The molecule has 3 nitrogen and oxygen atoms in total. The molecular formula is C17H24N2O. The summed E-state index contributed by atoms with van der Waals surface area (Å²) in [4.78, 5) is 0. The van der Waals surface area contributed by atoms with Crippen LogP contribution in [0.1, 0.15) is 22.3 Å². The molecule has 0 amide bonds. The highest BCUT2D eigenvalue weighted by atomic mass is 16.2. The molecule has 2 rings (SSSR count). The Hall–Kier alpha value is -2.00. The van der Waals surface area contributed by atoms with Crippen LogP contribution >= 0.6 is 0 Å². The summed E-state index contributed by atoms with van der Waals surface area (Å²) in [6.07, 6.45) is 0. The Bertz CT molecular complexity index is 572. The van der Waals surface area contributed by atoms with Crippen molar-refractivity contribution in [2.24, 2.45) is 0 Å². The Morgan fingerprint density at radius 3 is 1.50 bits per heavy atom. The lowest BCUT2D eigenvalue weighted by Crippen LogP contribution is -2.02. The van der Waals surface area contributed by atoms with Crippen LogP contribution in [0.4, 0.5) is 11.4 Å². The van der Waals surface area contributed by atoms with Gasteiger partial charge in [0.25, 0.3) is 0 Å². The molecule has 0 spiro atoms. The molecule has 20 heavy (non-hydrogen) atoms. The Labute approximate surface area is 121 Å². The zero-order valence-electron chi connectivity index (χ0n) is 12.9. The summed E-state index contributed by atoms with van der Waals surface area (Å²) < 4.78 is 0. The lowest BCUT2D eigenvalue weighted by molar-refractivity contribution is 0.399. The van der Waals surface area contributed by atoms with Crippen LogP contribution in [0, 0.1) is 27.7 Å². The van der Waals surface area contributed by atoms with Crippen molar-refractivity contribution in [3.05, 3.63) is 46.5 Å². The summed E-state index contributed by atoms with van der Waals surface area (Å²) in [6, 6.07) is 8.02. The number of aliphatic hydroxyl groups is 1. The van der Waals surface area contributed by atoms with E-state index in [9.17, 15) is 0 Å². The standard InChI is InChI=1S/C16H20N2.CH4O/c1-9-11(3)16(18)12(4)10(2)15(9)13-5-7-14(17)8-6-13;1-2/h5-8H,17-18H2,1-4H3;2H,1H3. The van der Waals surface area contributed by atoms with Gasteiger partial charge in [-0.25, -0.2) is 0 Å². The lowest BCUT2D eigenvalue weighted by Gasteiger charge is -2.18. The first-order valence-electron chi connectivity index (χ1n) is 6.60. The Kier molecular flexibility index (Phi) is 5.17. The first-order valence-corrected chi connectivity index (χ1v) is 6.60. The van der Waals surface area contributed by atoms with Crippen molar-refractivity contribution in [2.75, 3.05) is 18.6 Å². The molecule has 0 atom stereocenters. The zero-order valence-corrected chi connectivity index (χ0v) is 12.9. The zero-order chi connectivity index (χ0) is 15.4. The van der Waals surface area contributed by atoms with Crippen molar-refractivity contribution in [3.8, 4) is 11.1 Å². The quantitative estimate of drug-likeness (QED) is 0.697. The maximum absolute atomic E-state index is 7.00. The number of anilines is 2. The van der Waals surface area contributed by atoms with Gasteiger partial charge >= 0.3 is 0 Å². The lowest BCUT2D eigenvalue weighted by atomic mass is 9.88. The van der Waals surface area contributed by atoms with Crippen molar-refractivity contribution >= 4 is 11.4 Å². The summed E-state index contributed by atoms with van der Waals surface area (Å²) in [5.41, 5.74) is 20.9. The number of aliphatic hydroxyl groups excluding tert-OH is 1. The van der Waals surface area contributed by atoms with E-state index in [-0.39, 0.29) is 0 Å². The van der Waals surface area contributed by atoms with E-state index in [2.05, 4.69) is 39.8 Å². The van der Waals surface area contributed by atoms with Crippen LogP contribution in [0.15, 0.2) is 24.3 Å². The molecule has 2 aromatic carbocycles. The number of rotatable bonds is 1. The van der Waals surface area contributed by atoms with E-state index in [0.717, 1.165) is 18.5 Å². The topological polar surface area (TPSA) is 72.3 Å². The van der Waals surface area contributed by atoms with Crippen molar-refractivity contribution in [1.82, 2.24) is 0 Å². The third-order valence-corrected chi connectivity index (χ3v) is 3.88. The van der Waals surface area contributed by atoms with Gasteiger partial charge in [-0.05, 0) is 73.2 Å². The Morgan fingerprint density at radius 1 is 0.700 bits per heavy atom. The summed E-state index contributed by atoms with van der Waals surface area (Å²) in [7, 11) is 1.00. The van der Waals surface area contributed by atoms with Crippen LogP contribution in [-0.4, -0.2) is 12.2 Å². The van der Waals surface area contributed by atoms with Crippen LogP contribution in [0.2, 0.25) is 0 Å². The third kappa shape index (κ3) is 2.78. The van der Waals surface area contributed by atoms with E-state index in [1.807, 2.05) is 12.1 Å². The van der Waals surface area contributed by atoms with Gasteiger partial charge in [-0.3, -0.25) is 0 Å². The fourth-order valence-corrected chi connectivity index (χ4v) is 2.42. The number of nitrogens with two attached hydrogens (primary N) is 2. The van der Waals surface area contributed by atoms with Crippen LogP contribution in [-0.2, 0) is 0 Å². The summed E-state index contributed by atoms with van der Waals surface area (Å²) in [6.45, 7) is 8.42. The molecule has 0 heterocycles. The Morgan fingerprint density at radius 2 is 1.10 bits per heavy atom. The largest absolute Gasteiger partial charge is 0.400 e. The van der Waals surface area contributed by atoms with E-state index < -0.39 is 0 Å². The molecule has 0 saturated carbocycles. The van der Waals surface area contributed by atoms with Crippen LogP contribution < -0.4 is 11.5 Å². The third-order valence-electron chi connectivity index (χ3n) is 3.88. The van der Waals surface area contributed by atoms with E-state index in [1.165, 1.54) is 33.4 Å². The van der Waals surface area contributed by atoms with Gasteiger partial charge in [-0.2, -0.15) is 0 Å². The first kappa shape index (κ1) is 16.1. The van der Waals surface area contributed by atoms with Gasteiger partial charge in [0.1, 0.15) is 0 Å². The summed E-state index contributed by atoms with van der Waals surface area (Å²) in [5.74, 6) is 0. The molecular weight excluding hydrogens is 248 g/mol. The van der Waals surface area contributed by atoms with E-state index in [4.69, 9.17) is 16.6 Å². The van der Waals surface area contributed by atoms with Crippen molar-refractivity contribution in [3.63, 3.8) is 0 Å². The maximum Gasteiger partial charge on any atom is 0.0379 e. The molecule has 108 valence electrons. The molecule has 2 aromatic rings. The van der Waals surface area contributed by atoms with Crippen molar-refractivity contribution < 1.29 is 5.11 Å². The SMILES string of the molecule is CO.Cc1c(C)c(-c2ccc(N)cc2)c(C)c(C)c1N. The van der Waals surface area contributed by atoms with Gasteiger partial charge in [0.2, 0.25) is 0 Å². The van der Waals surface area contributed by atoms with Gasteiger partial charge in [0, 0.05) is 18.5 Å². The fraction of sp³-hybridized carbons (Fsp3) is 0.294. The minimum absolute atomic E-state index is 0.790. The average Bonchev–Trinajstić information content (AvgIpc) is 2.47. The summed E-state index contributed by atoms with van der Waals surface area (Å²) in [5, 5.41) is 7.00. The molecule has 0 aromatic heterocycles. The van der Waals surface area contributed by atoms with E-state index in [1.54, 1.807) is 0 Å². The maximum atomic E-state index is 7.00. The van der Waals surface area contributed by atoms with Gasteiger partial charge in [-0.15, -0.1) is 0 Å². The predicted octanol–water partition coefficient (Wildman–Crippen LogP) is 3.36. The smallest absolute Gasteiger partial charge is 0.0379 e. The minimum Gasteiger partial charge on any atom is -0.400 e. The second kappa shape index (κ2) is 6.44. The molecule has 0 radical (unpaired) electrons. The van der Waals surface area contributed by atoms with Crippen LogP contribution in [0.3, 0.4) is 0 Å². The molecule has 0 aliphatic carbocycles. The van der Waals surface area contributed by atoms with Gasteiger partial charge in [0.05, 0.1) is 0 Å². The monoisotopic (exact) mass is 272 g/mol. The molecule has 0 aliphatic heterocycles. The second-order valence-electron chi connectivity index (χ2n) is 4.91. The Balaban J connectivity index is 0.000000956. The molecule has 5 N–H and O–H groups in total. The highest BCUT2D eigenvalue weighted by molar-refractivity contribution is 5.78. The normalized spacial score (nSPS) is 9.90. The van der Waals surface area contributed by atoms with E-state index in [0.29, 0.717) is 0 Å². The number of hydrogen-bond donors (Lipinski definition) is 3. The number of hydrogen-bond acceptors (Lipinski definition) is 3. The summed E-state index contributed by atoms with van der Waals surface area (Å²) >= 11 is 0. The van der Waals surface area contributed by atoms with Crippen LogP contribution in [0.25, 0.3) is 11.1 Å². The minimum atomic E-state index is 0.790. The predicted molar refractivity (Wildman–Crippen MR) is 87.8 cm³/mol. The second-order valence-corrected chi connectivity index (χ2v) is 4.91. The van der Waals surface area contributed by atoms with Crippen LogP contribution in [0.5, 0.6) is 0 Å². The molecule has 0 bridgehead atoms. The van der Waals surface area contributed by atoms with E-state index >= 15 is 0 Å². The van der Waals surface area contributed by atoms with Gasteiger partial charge in [0.15, 0.2) is 0 Å².